The molecule has 0 amide bonds. The summed E-state index contributed by atoms with van der Waals surface area (Å²) in [4.78, 5) is 40.6. The first-order chi connectivity index (χ1) is 31.1. The molecule has 0 aromatic carbocycles. The van der Waals surface area contributed by atoms with Gasteiger partial charge in [0.05, 0.1) is 0 Å². The topological polar surface area (TPSA) is 161 Å². The molecule has 384 valence electrons. The Morgan fingerprint density at radius 3 is 0.379 bits per heavy atom. The molecule has 0 aliphatic rings. The Bertz CT molecular complexity index is 776. The minimum Gasteiger partial charge on any atom is -0.550 e. The van der Waals surface area contributed by atoms with E-state index in [0.717, 1.165) is 51.4 Å². The second-order valence-corrected chi connectivity index (χ2v) is 18.6. The first-order valence-corrected chi connectivity index (χ1v) is 27.9. The Kier molecular flexibility index (Phi) is 85.5. The van der Waals surface area contributed by atoms with Crippen molar-refractivity contribution >= 4 is 70.0 Å². The molecule has 0 spiro atoms. The number of rotatable bonds is 48. The van der Waals surface area contributed by atoms with Gasteiger partial charge in [-0.2, -0.15) is 0 Å². The summed E-state index contributed by atoms with van der Waals surface area (Å²) in [7, 11) is 0. The normalized spacial score (nSPS) is 10.2. The zero-order valence-corrected chi connectivity index (χ0v) is 47.4. The van der Waals surface area contributed by atoms with Crippen molar-refractivity contribution in [1.29, 1.82) is 0 Å². The standard InChI is InChI=1S/4C14H28O2.2Mg/c4*1-2-3-4-5-6-7-8-9-10-11-12-13-14(15)16;;/h4*2-13H2,1H3,(H,15,16);;/q;;;;2*+2/p-4. The third-order valence-corrected chi connectivity index (χ3v) is 11.9. The number of aliphatic carboxylic acids is 4. The SMILES string of the molecule is CCCCCCCCCCCCCC(=O)[O-].CCCCCCCCCCCCCC(=O)[O-].CCCCCCCCCCCCCC(=O)[O-].CCCCCCCCCCCCCC(=O)[O-].[Mg+2].[Mg+2]. The van der Waals surface area contributed by atoms with E-state index in [0.29, 0.717) is 0 Å². The average Bonchev–Trinajstić information content (AvgIpc) is 3.26. The molecule has 0 saturated heterocycles. The summed E-state index contributed by atoms with van der Waals surface area (Å²) >= 11 is 0. The van der Waals surface area contributed by atoms with Crippen LogP contribution in [0.4, 0.5) is 0 Å². The first-order valence-electron chi connectivity index (χ1n) is 27.9. The van der Waals surface area contributed by atoms with Crippen LogP contribution in [0.25, 0.3) is 0 Å². The molecule has 0 aromatic rings. The summed E-state index contributed by atoms with van der Waals surface area (Å²) in [6.07, 6.45) is 56.1. The van der Waals surface area contributed by atoms with Gasteiger partial charge in [-0.1, -0.05) is 285 Å². The number of carboxylic acid groups (broad SMARTS) is 4. The van der Waals surface area contributed by atoms with E-state index < -0.39 is 23.9 Å². The second-order valence-electron chi connectivity index (χ2n) is 18.6. The van der Waals surface area contributed by atoms with Crippen LogP contribution in [0.15, 0.2) is 0 Å². The molecule has 0 aliphatic heterocycles. The van der Waals surface area contributed by atoms with Gasteiger partial charge < -0.3 is 39.6 Å². The maximum atomic E-state index is 10.1. The number of hydrogen-bond acceptors (Lipinski definition) is 8. The molecule has 0 saturated carbocycles. The minimum absolute atomic E-state index is 0. The summed E-state index contributed by atoms with van der Waals surface area (Å²) in [5.41, 5.74) is 0. The van der Waals surface area contributed by atoms with E-state index in [-0.39, 0.29) is 71.8 Å². The molecule has 8 nitrogen and oxygen atoms in total. The maximum Gasteiger partial charge on any atom is 2.00 e. The second kappa shape index (κ2) is 73.4. The van der Waals surface area contributed by atoms with Crippen LogP contribution in [0.2, 0.25) is 0 Å². The van der Waals surface area contributed by atoms with Crippen LogP contribution in [0, 0.1) is 0 Å². The van der Waals surface area contributed by atoms with Gasteiger partial charge in [0.25, 0.3) is 0 Å². The van der Waals surface area contributed by atoms with E-state index in [1.165, 1.54) is 231 Å². The summed E-state index contributed by atoms with van der Waals surface area (Å²) < 4.78 is 0. The molecule has 0 radical (unpaired) electrons. The summed E-state index contributed by atoms with van der Waals surface area (Å²) in [6.45, 7) is 8.97. The van der Waals surface area contributed by atoms with Crippen LogP contribution in [-0.4, -0.2) is 70.0 Å². The van der Waals surface area contributed by atoms with E-state index >= 15 is 0 Å². The fourth-order valence-electron chi connectivity index (χ4n) is 7.73. The summed E-state index contributed by atoms with van der Waals surface area (Å²) in [6, 6.07) is 0. The summed E-state index contributed by atoms with van der Waals surface area (Å²) in [5, 5.41) is 40.6. The van der Waals surface area contributed by atoms with Crippen molar-refractivity contribution in [3.05, 3.63) is 0 Å². The van der Waals surface area contributed by atoms with Crippen molar-refractivity contribution in [3.63, 3.8) is 0 Å². The van der Waals surface area contributed by atoms with Crippen LogP contribution in [0.5, 0.6) is 0 Å². The third-order valence-electron chi connectivity index (χ3n) is 11.9. The Balaban J connectivity index is -0.000000180. The first kappa shape index (κ1) is 76.9. The minimum atomic E-state index is -0.907. The van der Waals surface area contributed by atoms with Crippen LogP contribution in [-0.2, 0) is 19.2 Å². The van der Waals surface area contributed by atoms with Gasteiger partial charge in [-0.3, -0.25) is 0 Å². The number of carbonyl (C=O) groups excluding carboxylic acids is 4. The molecule has 0 N–H and O–H groups in total. The quantitative estimate of drug-likeness (QED) is 0.0430. The molecule has 0 atom stereocenters. The van der Waals surface area contributed by atoms with Gasteiger partial charge in [0.15, 0.2) is 0 Å². The average molecular weight is 958 g/mol. The predicted molar refractivity (Wildman–Crippen MR) is 276 cm³/mol. The number of carbonyl (C=O) groups is 4. The van der Waals surface area contributed by atoms with Gasteiger partial charge in [0.1, 0.15) is 0 Å². The van der Waals surface area contributed by atoms with E-state index in [9.17, 15) is 39.6 Å². The van der Waals surface area contributed by atoms with Gasteiger partial charge >= 0.3 is 46.1 Å². The van der Waals surface area contributed by atoms with Crippen molar-refractivity contribution in [2.75, 3.05) is 0 Å². The van der Waals surface area contributed by atoms with E-state index in [4.69, 9.17) is 0 Å². The van der Waals surface area contributed by atoms with E-state index in [1.54, 1.807) is 0 Å². The molecule has 0 bridgehead atoms. The molecule has 0 heterocycles. The molecular weight excluding hydrogens is 849 g/mol. The number of hydrogen-bond donors (Lipinski definition) is 0. The van der Waals surface area contributed by atoms with Crippen LogP contribution in [0.1, 0.15) is 336 Å². The molecule has 0 rings (SSSR count). The largest absolute Gasteiger partial charge is 2.00 e. The molecule has 0 fully saturated rings. The molecule has 66 heavy (non-hydrogen) atoms. The van der Waals surface area contributed by atoms with Gasteiger partial charge in [-0.25, -0.2) is 0 Å². The Morgan fingerprint density at radius 2 is 0.288 bits per heavy atom. The van der Waals surface area contributed by atoms with Crippen LogP contribution < -0.4 is 20.4 Å². The Labute approximate surface area is 442 Å². The van der Waals surface area contributed by atoms with Crippen LogP contribution >= 0.6 is 0 Å². The fourth-order valence-corrected chi connectivity index (χ4v) is 7.73. The van der Waals surface area contributed by atoms with Crippen LogP contribution in [0.3, 0.4) is 0 Å². The fraction of sp³-hybridized carbons (Fsp3) is 0.929. The van der Waals surface area contributed by atoms with E-state index in [2.05, 4.69) is 27.7 Å². The van der Waals surface area contributed by atoms with Crippen molar-refractivity contribution in [2.24, 2.45) is 0 Å². The van der Waals surface area contributed by atoms with Crippen molar-refractivity contribution in [1.82, 2.24) is 0 Å². The number of carboxylic acids is 4. The third kappa shape index (κ3) is 93.5. The smallest absolute Gasteiger partial charge is 0.550 e. The van der Waals surface area contributed by atoms with Gasteiger partial charge in [0.2, 0.25) is 0 Å². The predicted octanol–water partition coefficient (Wildman–Crippen LogP) is 13.0. The van der Waals surface area contributed by atoms with E-state index in [1.807, 2.05) is 0 Å². The maximum absolute atomic E-state index is 10.1. The molecule has 0 aliphatic carbocycles. The molecule has 0 unspecified atom stereocenters. The molecule has 10 heteroatoms. The van der Waals surface area contributed by atoms with Crippen molar-refractivity contribution in [2.45, 2.75) is 336 Å². The molecule has 0 aromatic heterocycles. The van der Waals surface area contributed by atoms with Crippen molar-refractivity contribution in [3.8, 4) is 0 Å². The summed E-state index contributed by atoms with van der Waals surface area (Å²) in [5.74, 6) is -3.63. The zero-order valence-electron chi connectivity index (χ0n) is 44.6. The Hall–Kier alpha value is -0.588. The molecular formula is C56H108Mg2O8. The Morgan fingerprint density at radius 1 is 0.197 bits per heavy atom. The number of unbranched alkanes of at least 4 members (excludes halogenated alkanes) is 40. The van der Waals surface area contributed by atoms with Gasteiger partial charge in [-0.05, 0) is 51.4 Å². The van der Waals surface area contributed by atoms with Gasteiger partial charge in [-0.15, -0.1) is 0 Å². The zero-order chi connectivity index (χ0) is 48.3. The van der Waals surface area contributed by atoms with Crippen molar-refractivity contribution < 1.29 is 39.6 Å². The van der Waals surface area contributed by atoms with Gasteiger partial charge in [0, 0.05) is 23.9 Å². The monoisotopic (exact) mass is 957 g/mol.